The fraction of sp³-hybridized carbons (Fsp3) is 0.625. The summed E-state index contributed by atoms with van der Waals surface area (Å²) in [5.74, 6) is 0.669. The third kappa shape index (κ3) is 2.36. The van der Waals surface area contributed by atoms with Crippen molar-refractivity contribution < 1.29 is 4.39 Å². The molecular weight excluding hydrogens is 239 g/mol. The molecule has 0 bridgehead atoms. The Kier molecular flexibility index (Phi) is 3.48. The first-order chi connectivity index (χ1) is 9.16. The maximum Gasteiger partial charge on any atom is 0.146 e. The third-order valence-corrected chi connectivity index (χ3v) is 4.82. The zero-order valence-corrected chi connectivity index (χ0v) is 11.6. The highest BCUT2D eigenvalue weighted by Gasteiger charge is 2.36. The third-order valence-electron chi connectivity index (χ3n) is 4.82. The van der Waals surface area contributed by atoms with E-state index >= 15 is 0 Å². The summed E-state index contributed by atoms with van der Waals surface area (Å²) in [6, 6.07) is 5.95. The van der Waals surface area contributed by atoms with Crippen LogP contribution in [0.2, 0.25) is 0 Å². The number of halogens is 1. The van der Waals surface area contributed by atoms with E-state index in [0.717, 1.165) is 23.7 Å². The van der Waals surface area contributed by atoms with Gasteiger partial charge in [-0.25, -0.2) is 4.39 Å². The van der Waals surface area contributed by atoms with Crippen LogP contribution in [0.15, 0.2) is 18.2 Å². The number of fused-ring (bicyclic) bond motifs is 1. The lowest BCUT2D eigenvalue weighted by molar-refractivity contribution is 0.341. The van der Waals surface area contributed by atoms with Crippen molar-refractivity contribution in [2.24, 2.45) is 11.7 Å². The number of anilines is 1. The summed E-state index contributed by atoms with van der Waals surface area (Å²) in [6.45, 7) is 2.89. The summed E-state index contributed by atoms with van der Waals surface area (Å²) >= 11 is 0. The lowest BCUT2D eigenvalue weighted by atomic mass is 9.85. The van der Waals surface area contributed by atoms with Gasteiger partial charge >= 0.3 is 0 Å². The Balaban J connectivity index is 1.86. The molecule has 0 amide bonds. The first-order valence-corrected chi connectivity index (χ1v) is 7.48. The minimum absolute atomic E-state index is 0.107. The average Bonchev–Trinajstić information content (AvgIpc) is 2.82. The van der Waals surface area contributed by atoms with Gasteiger partial charge in [-0.05, 0) is 49.8 Å². The van der Waals surface area contributed by atoms with Crippen LogP contribution in [0.4, 0.5) is 10.1 Å². The molecule has 2 unspecified atom stereocenters. The first kappa shape index (κ1) is 12.9. The van der Waals surface area contributed by atoms with E-state index in [9.17, 15) is 4.39 Å². The molecule has 1 aliphatic carbocycles. The lowest BCUT2D eigenvalue weighted by Crippen LogP contribution is -2.35. The quantitative estimate of drug-likeness (QED) is 0.882. The number of benzene rings is 1. The molecule has 2 fully saturated rings. The zero-order valence-electron chi connectivity index (χ0n) is 11.6. The van der Waals surface area contributed by atoms with Gasteiger partial charge in [0.05, 0.1) is 5.69 Å². The van der Waals surface area contributed by atoms with E-state index in [1.165, 1.54) is 32.1 Å². The van der Waals surface area contributed by atoms with Crippen LogP contribution in [-0.4, -0.2) is 12.6 Å². The summed E-state index contributed by atoms with van der Waals surface area (Å²) in [5, 5.41) is 0. The van der Waals surface area contributed by atoms with Gasteiger partial charge in [0.25, 0.3) is 0 Å². The lowest BCUT2D eigenvalue weighted by Gasteiger charge is -2.33. The smallest absolute Gasteiger partial charge is 0.146 e. The van der Waals surface area contributed by atoms with Crippen molar-refractivity contribution >= 4 is 5.69 Å². The molecule has 2 aliphatic rings. The van der Waals surface area contributed by atoms with E-state index in [2.05, 4.69) is 4.90 Å². The average molecular weight is 262 g/mol. The van der Waals surface area contributed by atoms with Crippen molar-refractivity contribution in [2.75, 3.05) is 11.4 Å². The maximum atomic E-state index is 14.3. The predicted molar refractivity (Wildman–Crippen MR) is 76.7 cm³/mol. The topological polar surface area (TPSA) is 29.3 Å². The van der Waals surface area contributed by atoms with Crippen molar-refractivity contribution in [1.82, 2.24) is 0 Å². The van der Waals surface area contributed by atoms with E-state index in [-0.39, 0.29) is 11.9 Å². The van der Waals surface area contributed by atoms with Gasteiger partial charge in [-0.3, -0.25) is 0 Å². The monoisotopic (exact) mass is 262 g/mol. The molecule has 0 radical (unpaired) electrons. The molecule has 3 rings (SSSR count). The summed E-state index contributed by atoms with van der Waals surface area (Å²) in [6.07, 6.45) is 6.40. The second-order valence-corrected chi connectivity index (χ2v) is 6.09. The first-order valence-electron chi connectivity index (χ1n) is 7.48. The van der Waals surface area contributed by atoms with Crippen molar-refractivity contribution in [2.45, 2.75) is 51.1 Å². The van der Waals surface area contributed by atoms with Crippen LogP contribution < -0.4 is 10.6 Å². The van der Waals surface area contributed by atoms with Crippen LogP contribution >= 0.6 is 0 Å². The van der Waals surface area contributed by atoms with E-state index in [4.69, 9.17) is 5.73 Å². The molecule has 3 heteroatoms. The molecule has 2 N–H and O–H groups in total. The molecule has 1 aromatic carbocycles. The van der Waals surface area contributed by atoms with Gasteiger partial charge in [-0.1, -0.05) is 18.9 Å². The SMILES string of the molecule is C[C@@H](N)c1ccc(N2CCC3CCCCC32)c(F)c1. The molecule has 2 nitrogen and oxygen atoms in total. The Bertz CT molecular complexity index is 458. The summed E-state index contributed by atoms with van der Waals surface area (Å²) in [5.41, 5.74) is 7.46. The Morgan fingerprint density at radius 2 is 2.05 bits per heavy atom. The summed E-state index contributed by atoms with van der Waals surface area (Å²) in [4.78, 5) is 2.30. The fourth-order valence-corrected chi connectivity index (χ4v) is 3.74. The molecule has 1 aromatic rings. The van der Waals surface area contributed by atoms with Gasteiger partial charge in [0.2, 0.25) is 0 Å². The molecule has 1 saturated carbocycles. The number of nitrogens with zero attached hydrogens (tertiary/aromatic N) is 1. The minimum Gasteiger partial charge on any atom is -0.366 e. The van der Waals surface area contributed by atoms with Gasteiger partial charge in [0.1, 0.15) is 5.82 Å². The van der Waals surface area contributed by atoms with E-state index in [1.807, 2.05) is 19.1 Å². The Morgan fingerprint density at radius 1 is 1.26 bits per heavy atom. The van der Waals surface area contributed by atoms with Crippen LogP contribution in [0, 0.1) is 11.7 Å². The van der Waals surface area contributed by atoms with Gasteiger partial charge in [0, 0.05) is 18.6 Å². The van der Waals surface area contributed by atoms with Crippen LogP contribution in [0.3, 0.4) is 0 Å². The van der Waals surface area contributed by atoms with Gasteiger partial charge in [0.15, 0.2) is 0 Å². The second kappa shape index (κ2) is 5.12. The van der Waals surface area contributed by atoms with Crippen LogP contribution in [0.25, 0.3) is 0 Å². The molecule has 1 aliphatic heterocycles. The molecule has 0 spiro atoms. The van der Waals surface area contributed by atoms with E-state index in [1.54, 1.807) is 6.07 Å². The van der Waals surface area contributed by atoms with Crippen molar-refractivity contribution in [3.8, 4) is 0 Å². The largest absolute Gasteiger partial charge is 0.366 e. The molecule has 1 saturated heterocycles. The second-order valence-electron chi connectivity index (χ2n) is 6.09. The Labute approximate surface area is 114 Å². The van der Waals surface area contributed by atoms with Gasteiger partial charge in [-0.2, -0.15) is 0 Å². The standard InChI is InChI=1S/C16H23FN2/c1-11(18)13-6-7-16(14(17)10-13)19-9-8-12-4-2-3-5-15(12)19/h6-7,10-12,15H,2-5,8-9,18H2,1H3/t11-,12?,15?/m1/s1. The minimum atomic E-state index is -0.110. The predicted octanol–water partition coefficient (Wildman–Crippen LogP) is 3.61. The van der Waals surface area contributed by atoms with Crippen LogP contribution in [-0.2, 0) is 0 Å². The number of rotatable bonds is 2. The van der Waals surface area contributed by atoms with Gasteiger partial charge in [-0.15, -0.1) is 0 Å². The Morgan fingerprint density at radius 3 is 2.79 bits per heavy atom. The van der Waals surface area contributed by atoms with Gasteiger partial charge < -0.3 is 10.6 Å². The van der Waals surface area contributed by atoms with E-state index < -0.39 is 0 Å². The molecule has 3 atom stereocenters. The Hall–Kier alpha value is -1.09. The molecular formula is C16H23FN2. The molecule has 0 aromatic heterocycles. The highest BCUT2D eigenvalue weighted by Crippen LogP contribution is 2.39. The van der Waals surface area contributed by atoms with Crippen molar-refractivity contribution in [3.63, 3.8) is 0 Å². The van der Waals surface area contributed by atoms with Crippen molar-refractivity contribution in [3.05, 3.63) is 29.6 Å². The fourth-order valence-electron chi connectivity index (χ4n) is 3.74. The van der Waals surface area contributed by atoms with E-state index in [0.29, 0.717) is 6.04 Å². The summed E-state index contributed by atoms with van der Waals surface area (Å²) < 4.78 is 14.3. The number of nitrogens with two attached hydrogens (primary N) is 1. The number of hydrogen-bond acceptors (Lipinski definition) is 2. The number of hydrogen-bond donors (Lipinski definition) is 1. The normalized spacial score (nSPS) is 28.3. The highest BCUT2D eigenvalue weighted by atomic mass is 19.1. The molecule has 19 heavy (non-hydrogen) atoms. The molecule has 104 valence electrons. The maximum absolute atomic E-state index is 14.3. The summed E-state index contributed by atoms with van der Waals surface area (Å²) in [7, 11) is 0. The highest BCUT2D eigenvalue weighted by molar-refractivity contribution is 5.51. The van der Waals surface area contributed by atoms with Crippen LogP contribution in [0.5, 0.6) is 0 Å². The zero-order chi connectivity index (χ0) is 13.4. The van der Waals surface area contributed by atoms with Crippen molar-refractivity contribution in [1.29, 1.82) is 0 Å². The van der Waals surface area contributed by atoms with Crippen LogP contribution in [0.1, 0.15) is 50.6 Å². The molecule has 1 heterocycles.